The number of rotatable bonds is 3. The van der Waals surface area contributed by atoms with Gasteiger partial charge in [0, 0.05) is 0 Å². The largest absolute Gasteiger partial charge is 0.496 e. The van der Waals surface area contributed by atoms with Gasteiger partial charge in [-0.15, -0.1) is 0 Å². The summed E-state index contributed by atoms with van der Waals surface area (Å²) >= 11 is 0. The molecule has 2 rings (SSSR count). The lowest BCUT2D eigenvalue weighted by atomic mass is 10.0. The van der Waals surface area contributed by atoms with Crippen molar-refractivity contribution in [3.63, 3.8) is 0 Å². The van der Waals surface area contributed by atoms with Gasteiger partial charge in [0.1, 0.15) is 5.75 Å². The van der Waals surface area contributed by atoms with Crippen molar-refractivity contribution in [1.82, 2.24) is 0 Å². The Morgan fingerprint density at radius 1 is 1.41 bits per heavy atom. The molecule has 1 aliphatic carbocycles. The number of hydrogen-bond acceptors (Lipinski definition) is 2. The third kappa shape index (κ3) is 2.39. The summed E-state index contributed by atoms with van der Waals surface area (Å²) < 4.78 is 43.1. The van der Waals surface area contributed by atoms with E-state index in [1.807, 2.05) is 0 Å². The Hall–Kier alpha value is -1.23. The van der Waals surface area contributed by atoms with E-state index in [1.165, 1.54) is 19.2 Å². The number of benzene rings is 1. The quantitative estimate of drug-likeness (QED) is 0.888. The fourth-order valence-corrected chi connectivity index (χ4v) is 2.09. The highest BCUT2D eigenvalue weighted by Gasteiger charge is 2.40. The van der Waals surface area contributed by atoms with Gasteiger partial charge in [-0.1, -0.05) is 6.07 Å². The van der Waals surface area contributed by atoms with Gasteiger partial charge in [0.05, 0.1) is 12.7 Å². The minimum absolute atomic E-state index is 0.133. The summed E-state index contributed by atoms with van der Waals surface area (Å²) in [6.45, 7) is 0.526. The van der Waals surface area contributed by atoms with Crippen molar-refractivity contribution in [3.8, 4) is 5.75 Å². The van der Waals surface area contributed by atoms with Gasteiger partial charge in [-0.3, -0.25) is 0 Å². The second-order valence-electron chi connectivity index (χ2n) is 4.30. The fourth-order valence-electron chi connectivity index (χ4n) is 2.09. The molecular weight excluding hydrogens is 231 g/mol. The smallest absolute Gasteiger partial charge is 0.419 e. The molecule has 0 aromatic heterocycles. The maximum absolute atomic E-state index is 12.8. The molecule has 0 bridgehead atoms. The summed E-state index contributed by atoms with van der Waals surface area (Å²) in [5, 5.41) is 0. The first-order chi connectivity index (χ1) is 7.97. The normalized spacial score (nSPS) is 23.6. The van der Waals surface area contributed by atoms with Gasteiger partial charge >= 0.3 is 6.18 Å². The van der Waals surface area contributed by atoms with Crippen LogP contribution in [0.2, 0.25) is 0 Å². The van der Waals surface area contributed by atoms with E-state index in [1.54, 1.807) is 6.07 Å². The van der Waals surface area contributed by atoms with Gasteiger partial charge < -0.3 is 10.5 Å². The van der Waals surface area contributed by atoms with Crippen LogP contribution in [0.1, 0.15) is 23.5 Å². The van der Waals surface area contributed by atoms with E-state index in [4.69, 9.17) is 10.5 Å². The molecule has 1 aliphatic rings. The van der Waals surface area contributed by atoms with Crippen molar-refractivity contribution in [3.05, 3.63) is 29.3 Å². The Balaban J connectivity index is 2.33. The molecule has 0 amide bonds. The third-order valence-electron chi connectivity index (χ3n) is 3.18. The average Bonchev–Trinajstić information content (AvgIpc) is 3.06. The molecule has 2 atom stereocenters. The van der Waals surface area contributed by atoms with E-state index in [-0.39, 0.29) is 11.7 Å². The predicted molar refractivity (Wildman–Crippen MR) is 57.9 cm³/mol. The Morgan fingerprint density at radius 2 is 2.12 bits per heavy atom. The van der Waals surface area contributed by atoms with Crippen LogP contribution in [0.4, 0.5) is 13.2 Å². The first-order valence-corrected chi connectivity index (χ1v) is 5.42. The monoisotopic (exact) mass is 245 g/mol. The van der Waals surface area contributed by atoms with Crippen molar-refractivity contribution in [2.75, 3.05) is 13.7 Å². The van der Waals surface area contributed by atoms with Crippen LogP contribution in [0.25, 0.3) is 0 Å². The molecule has 1 aromatic carbocycles. The number of alkyl halides is 3. The topological polar surface area (TPSA) is 35.2 Å². The molecule has 2 N–H and O–H groups in total. The summed E-state index contributed by atoms with van der Waals surface area (Å²) in [7, 11) is 1.24. The van der Waals surface area contributed by atoms with Crippen LogP contribution in [0, 0.1) is 5.92 Å². The van der Waals surface area contributed by atoms with E-state index >= 15 is 0 Å². The average molecular weight is 245 g/mol. The summed E-state index contributed by atoms with van der Waals surface area (Å²) in [5.41, 5.74) is 5.49. The standard InChI is InChI=1S/C12H14F3NO/c1-17-11-3-2-7(9-4-8(9)6-16)5-10(11)12(13,14)15/h2-3,5,8-9H,4,6,16H2,1H3. The number of halogens is 3. The highest BCUT2D eigenvalue weighted by molar-refractivity contribution is 5.42. The molecular formula is C12H14F3NO. The lowest BCUT2D eigenvalue weighted by molar-refractivity contribution is -0.138. The SMILES string of the molecule is COc1ccc(C2CC2CN)cc1C(F)(F)F. The van der Waals surface area contributed by atoms with Gasteiger partial charge in [0.25, 0.3) is 0 Å². The Morgan fingerprint density at radius 3 is 2.59 bits per heavy atom. The fraction of sp³-hybridized carbons (Fsp3) is 0.500. The van der Waals surface area contributed by atoms with Crippen molar-refractivity contribution >= 4 is 0 Å². The minimum Gasteiger partial charge on any atom is -0.496 e. The van der Waals surface area contributed by atoms with Gasteiger partial charge in [-0.2, -0.15) is 13.2 Å². The summed E-state index contributed by atoms with van der Waals surface area (Å²) in [6.07, 6.45) is -3.51. The number of nitrogens with two attached hydrogens (primary N) is 1. The van der Waals surface area contributed by atoms with E-state index < -0.39 is 11.7 Å². The van der Waals surface area contributed by atoms with Crippen molar-refractivity contribution in [1.29, 1.82) is 0 Å². The summed E-state index contributed by atoms with van der Waals surface area (Å²) in [5.74, 6) is 0.364. The van der Waals surface area contributed by atoms with E-state index in [0.717, 1.165) is 6.42 Å². The predicted octanol–water partition coefficient (Wildman–Crippen LogP) is 2.78. The molecule has 17 heavy (non-hydrogen) atoms. The molecule has 5 heteroatoms. The molecule has 94 valence electrons. The molecule has 0 radical (unpaired) electrons. The van der Waals surface area contributed by atoms with Crippen LogP contribution < -0.4 is 10.5 Å². The van der Waals surface area contributed by atoms with Gasteiger partial charge in [0.15, 0.2) is 0 Å². The van der Waals surface area contributed by atoms with E-state index in [0.29, 0.717) is 18.0 Å². The lowest BCUT2D eigenvalue weighted by Crippen LogP contribution is -2.08. The maximum Gasteiger partial charge on any atom is 0.419 e. The number of hydrogen-bond donors (Lipinski definition) is 1. The van der Waals surface area contributed by atoms with Crippen LogP contribution in [0.15, 0.2) is 18.2 Å². The molecule has 0 aliphatic heterocycles. The highest BCUT2D eigenvalue weighted by Crippen LogP contribution is 2.48. The van der Waals surface area contributed by atoms with Gasteiger partial charge in [-0.05, 0) is 42.5 Å². The minimum atomic E-state index is -4.38. The van der Waals surface area contributed by atoms with Crippen molar-refractivity contribution < 1.29 is 17.9 Å². The van der Waals surface area contributed by atoms with Gasteiger partial charge in [0.2, 0.25) is 0 Å². The zero-order valence-corrected chi connectivity index (χ0v) is 9.42. The number of methoxy groups -OCH3 is 1. The third-order valence-corrected chi connectivity index (χ3v) is 3.18. The van der Waals surface area contributed by atoms with E-state index in [9.17, 15) is 13.2 Å². The zero-order chi connectivity index (χ0) is 12.6. The Kier molecular flexibility index (Phi) is 3.03. The van der Waals surface area contributed by atoms with Crippen LogP contribution >= 0.6 is 0 Å². The van der Waals surface area contributed by atoms with Crippen molar-refractivity contribution in [2.24, 2.45) is 11.7 Å². The molecule has 0 spiro atoms. The first kappa shape index (κ1) is 12.2. The highest BCUT2D eigenvalue weighted by atomic mass is 19.4. The second-order valence-corrected chi connectivity index (χ2v) is 4.30. The molecule has 1 aromatic rings. The zero-order valence-electron chi connectivity index (χ0n) is 9.42. The Labute approximate surface area is 97.6 Å². The molecule has 1 fully saturated rings. The molecule has 2 unspecified atom stereocenters. The second kappa shape index (κ2) is 4.22. The van der Waals surface area contributed by atoms with Gasteiger partial charge in [-0.25, -0.2) is 0 Å². The van der Waals surface area contributed by atoms with Crippen LogP contribution in [0.5, 0.6) is 5.75 Å². The first-order valence-electron chi connectivity index (χ1n) is 5.42. The van der Waals surface area contributed by atoms with Crippen LogP contribution in [-0.2, 0) is 6.18 Å². The molecule has 2 nitrogen and oxygen atoms in total. The van der Waals surface area contributed by atoms with Crippen LogP contribution in [0.3, 0.4) is 0 Å². The Bertz CT molecular complexity index is 417. The van der Waals surface area contributed by atoms with Crippen molar-refractivity contribution in [2.45, 2.75) is 18.5 Å². The van der Waals surface area contributed by atoms with Crippen LogP contribution in [-0.4, -0.2) is 13.7 Å². The number of ether oxygens (including phenoxy) is 1. The molecule has 0 saturated heterocycles. The maximum atomic E-state index is 12.8. The molecule has 1 saturated carbocycles. The lowest BCUT2D eigenvalue weighted by Gasteiger charge is -2.13. The molecule has 0 heterocycles. The summed E-state index contributed by atoms with van der Waals surface area (Å²) in [4.78, 5) is 0. The van der Waals surface area contributed by atoms with E-state index in [2.05, 4.69) is 0 Å². The summed E-state index contributed by atoms with van der Waals surface area (Å²) in [6, 6.07) is 4.25.